The Hall–Kier alpha value is -2.56. The first-order chi connectivity index (χ1) is 12.1. The zero-order chi connectivity index (χ0) is 17.8. The van der Waals surface area contributed by atoms with Gasteiger partial charge in [0.1, 0.15) is 11.3 Å². The monoisotopic (exact) mass is 341 g/mol. The second-order valence-corrected chi connectivity index (χ2v) is 6.38. The molecule has 2 heterocycles. The van der Waals surface area contributed by atoms with Crippen LogP contribution in [0.1, 0.15) is 70.9 Å². The van der Waals surface area contributed by atoms with Crippen LogP contribution in [-0.4, -0.2) is 28.4 Å². The second-order valence-electron chi connectivity index (χ2n) is 6.38. The normalized spacial score (nSPS) is 18.0. The molecule has 0 aliphatic carbocycles. The van der Waals surface area contributed by atoms with Crippen LogP contribution < -0.4 is 0 Å². The number of aromatic carboxylic acids is 1. The Kier molecular flexibility index (Phi) is 5.22. The molecular weight excluding hydrogens is 318 g/mol. The molecular formula is C20H23NO4. The number of amides is 1. The van der Waals surface area contributed by atoms with E-state index in [9.17, 15) is 14.7 Å². The summed E-state index contributed by atoms with van der Waals surface area (Å²) in [6.45, 7) is 2.47. The third-order valence-corrected chi connectivity index (χ3v) is 4.77. The molecule has 0 saturated carbocycles. The van der Waals surface area contributed by atoms with Gasteiger partial charge in [-0.3, -0.25) is 4.79 Å². The number of aryl methyl sites for hydroxylation is 1. The number of hydrogen-bond acceptors (Lipinski definition) is 3. The summed E-state index contributed by atoms with van der Waals surface area (Å²) in [5.74, 6) is -0.813. The predicted octanol–water partition coefficient (Wildman–Crippen LogP) is 4.30. The highest BCUT2D eigenvalue weighted by Crippen LogP contribution is 2.32. The Bertz CT molecular complexity index is 750. The summed E-state index contributed by atoms with van der Waals surface area (Å²) >= 11 is 0. The minimum absolute atomic E-state index is 0.000320. The second kappa shape index (κ2) is 7.55. The Balaban J connectivity index is 1.94. The predicted molar refractivity (Wildman–Crippen MR) is 93.7 cm³/mol. The van der Waals surface area contributed by atoms with Crippen molar-refractivity contribution in [2.45, 2.75) is 45.1 Å². The van der Waals surface area contributed by atoms with Gasteiger partial charge in [-0.15, -0.1) is 0 Å². The number of benzene rings is 1. The summed E-state index contributed by atoms with van der Waals surface area (Å²) in [5.41, 5.74) is 1.19. The van der Waals surface area contributed by atoms with Crippen molar-refractivity contribution in [2.75, 3.05) is 6.54 Å². The van der Waals surface area contributed by atoms with Gasteiger partial charge in [-0.25, -0.2) is 4.79 Å². The Labute approximate surface area is 147 Å². The van der Waals surface area contributed by atoms with Crippen molar-refractivity contribution in [1.82, 2.24) is 4.90 Å². The first-order valence-corrected chi connectivity index (χ1v) is 8.83. The van der Waals surface area contributed by atoms with Crippen LogP contribution in [0.4, 0.5) is 0 Å². The molecule has 1 unspecified atom stereocenters. The molecule has 0 radical (unpaired) electrons. The molecule has 5 nitrogen and oxygen atoms in total. The lowest BCUT2D eigenvalue weighted by Gasteiger charge is -2.29. The lowest BCUT2D eigenvalue weighted by atomic mass is 10.0. The molecule has 132 valence electrons. The molecule has 1 amide bonds. The van der Waals surface area contributed by atoms with Gasteiger partial charge in [0, 0.05) is 19.0 Å². The summed E-state index contributed by atoms with van der Waals surface area (Å²) in [7, 11) is 0. The molecule has 0 spiro atoms. The topological polar surface area (TPSA) is 70.8 Å². The largest absolute Gasteiger partial charge is 0.478 e. The fourth-order valence-corrected chi connectivity index (χ4v) is 3.49. The quantitative estimate of drug-likeness (QED) is 0.900. The smallest absolute Gasteiger partial charge is 0.339 e. The van der Waals surface area contributed by atoms with Gasteiger partial charge in [-0.2, -0.15) is 0 Å². The molecule has 1 saturated heterocycles. The number of rotatable bonds is 4. The SMILES string of the molecule is CCc1oc(C(=O)N2CCCCCC2c2ccccc2)cc1C(=O)O. The third-order valence-electron chi connectivity index (χ3n) is 4.77. The molecule has 3 rings (SSSR count). The maximum absolute atomic E-state index is 13.1. The van der Waals surface area contributed by atoms with Gasteiger partial charge in [0.2, 0.25) is 0 Å². The lowest BCUT2D eigenvalue weighted by molar-refractivity contribution is 0.0644. The van der Waals surface area contributed by atoms with Crippen molar-refractivity contribution in [1.29, 1.82) is 0 Å². The summed E-state index contributed by atoms with van der Waals surface area (Å²) in [4.78, 5) is 26.3. The number of carboxylic acids is 1. The molecule has 1 N–H and O–H groups in total. The van der Waals surface area contributed by atoms with Gasteiger partial charge < -0.3 is 14.4 Å². The summed E-state index contributed by atoms with van der Waals surface area (Å²) in [6.07, 6.45) is 4.45. The van der Waals surface area contributed by atoms with Crippen LogP contribution in [0, 0.1) is 0 Å². The molecule has 1 aromatic carbocycles. The summed E-state index contributed by atoms with van der Waals surface area (Å²) in [6, 6.07) is 11.4. The number of furan rings is 1. The van der Waals surface area contributed by atoms with Gasteiger partial charge >= 0.3 is 5.97 Å². The van der Waals surface area contributed by atoms with E-state index < -0.39 is 5.97 Å². The van der Waals surface area contributed by atoms with Crippen LogP contribution in [0.3, 0.4) is 0 Å². The van der Waals surface area contributed by atoms with Crippen molar-refractivity contribution in [2.24, 2.45) is 0 Å². The molecule has 1 fully saturated rings. The maximum atomic E-state index is 13.1. The molecule has 2 aromatic rings. The highest BCUT2D eigenvalue weighted by atomic mass is 16.4. The number of carbonyl (C=O) groups is 2. The fraction of sp³-hybridized carbons (Fsp3) is 0.400. The van der Waals surface area contributed by atoms with Crippen molar-refractivity contribution in [3.05, 3.63) is 59.0 Å². The van der Waals surface area contributed by atoms with Crippen molar-refractivity contribution in [3.63, 3.8) is 0 Å². The van der Waals surface area contributed by atoms with Gasteiger partial charge in [0.05, 0.1) is 6.04 Å². The minimum atomic E-state index is -1.06. The van der Waals surface area contributed by atoms with E-state index >= 15 is 0 Å². The highest BCUT2D eigenvalue weighted by molar-refractivity contribution is 5.96. The fourth-order valence-electron chi connectivity index (χ4n) is 3.49. The first-order valence-electron chi connectivity index (χ1n) is 8.83. The number of hydrogen-bond donors (Lipinski definition) is 1. The molecule has 1 aliphatic heterocycles. The highest BCUT2D eigenvalue weighted by Gasteiger charge is 2.30. The summed E-state index contributed by atoms with van der Waals surface area (Å²) < 4.78 is 5.59. The van der Waals surface area contributed by atoms with Crippen LogP contribution in [-0.2, 0) is 6.42 Å². The Morgan fingerprint density at radius 2 is 1.96 bits per heavy atom. The summed E-state index contributed by atoms with van der Waals surface area (Å²) in [5, 5.41) is 9.29. The number of likely N-dealkylation sites (tertiary alicyclic amines) is 1. The lowest BCUT2D eigenvalue weighted by Crippen LogP contribution is -2.34. The Morgan fingerprint density at radius 1 is 1.20 bits per heavy atom. The zero-order valence-electron chi connectivity index (χ0n) is 14.4. The zero-order valence-corrected chi connectivity index (χ0v) is 14.4. The molecule has 1 atom stereocenters. The van der Waals surface area contributed by atoms with E-state index in [0.29, 0.717) is 18.7 Å². The Morgan fingerprint density at radius 3 is 2.60 bits per heavy atom. The van der Waals surface area contributed by atoms with Crippen LogP contribution in [0.5, 0.6) is 0 Å². The molecule has 25 heavy (non-hydrogen) atoms. The molecule has 1 aliphatic rings. The molecule has 0 bridgehead atoms. The van der Waals surface area contributed by atoms with Crippen molar-refractivity contribution in [3.8, 4) is 0 Å². The average Bonchev–Trinajstić information content (AvgIpc) is 2.92. The van der Waals surface area contributed by atoms with Gasteiger partial charge in [-0.1, -0.05) is 50.1 Å². The van der Waals surface area contributed by atoms with E-state index in [2.05, 4.69) is 0 Å². The van der Waals surface area contributed by atoms with E-state index in [1.54, 1.807) is 0 Å². The standard InChI is InChI=1S/C20H23NO4/c1-2-17-15(20(23)24)13-18(25-17)19(22)21-12-8-4-7-11-16(21)14-9-5-3-6-10-14/h3,5-6,9-10,13,16H,2,4,7-8,11-12H2,1H3,(H,23,24). The van der Waals surface area contributed by atoms with E-state index in [-0.39, 0.29) is 23.3 Å². The molecule has 5 heteroatoms. The van der Waals surface area contributed by atoms with Crippen LogP contribution >= 0.6 is 0 Å². The van der Waals surface area contributed by atoms with Crippen molar-refractivity contribution >= 4 is 11.9 Å². The number of nitrogens with zero attached hydrogens (tertiary/aromatic N) is 1. The first kappa shape index (κ1) is 17.3. The van der Waals surface area contributed by atoms with Crippen LogP contribution in [0.15, 0.2) is 40.8 Å². The number of carbonyl (C=O) groups excluding carboxylic acids is 1. The van der Waals surface area contributed by atoms with Crippen molar-refractivity contribution < 1.29 is 19.1 Å². The molecule has 1 aromatic heterocycles. The number of carboxylic acid groups (broad SMARTS) is 1. The third kappa shape index (κ3) is 3.60. The van der Waals surface area contributed by atoms with Crippen LogP contribution in [0.25, 0.3) is 0 Å². The van der Waals surface area contributed by atoms with E-state index in [4.69, 9.17) is 4.42 Å². The van der Waals surface area contributed by atoms with Gasteiger partial charge in [0.15, 0.2) is 5.76 Å². The van der Waals surface area contributed by atoms with Crippen LogP contribution in [0.2, 0.25) is 0 Å². The minimum Gasteiger partial charge on any atom is -0.478 e. The van der Waals surface area contributed by atoms with E-state index in [1.807, 2.05) is 42.2 Å². The van der Waals surface area contributed by atoms with E-state index in [1.165, 1.54) is 6.07 Å². The van der Waals surface area contributed by atoms with Gasteiger partial charge in [-0.05, 0) is 18.4 Å². The van der Waals surface area contributed by atoms with E-state index in [0.717, 1.165) is 31.2 Å². The average molecular weight is 341 g/mol. The van der Waals surface area contributed by atoms with Gasteiger partial charge in [0.25, 0.3) is 5.91 Å². The maximum Gasteiger partial charge on any atom is 0.339 e.